The number of benzene rings is 1. The number of amides is 1. The average molecular weight is 247 g/mol. The molecular formula is C15H21NO2. The van der Waals surface area contributed by atoms with Crippen molar-refractivity contribution < 1.29 is 9.53 Å². The molecule has 18 heavy (non-hydrogen) atoms. The minimum absolute atomic E-state index is 0.0272. The van der Waals surface area contributed by atoms with Gasteiger partial charge in [0.1, 0.15) is 11.4 Å². The quantitative estimate of drug-likeness (QED) is 0.828. The van der Waals surface area contributed by atoms with Gasteiger partial charge in [-0.25, -0.2) is 0 Å². The molecule has 0 radical (unpaired) electrons. The van der Waals surface area contributed by atoms with Crippen LogP contribution in [0.25, 0.3) is 0 Å². The van der Waals surface area contributed by atoms with Crippen LogP contribution in [0.5, 0.6) is 5.75 Å². The highest BCUT2D eigenvalue weighted by Gasteiger charge is 2.33. The van der Waals surface area contributed by atoms with Crippen molar-refractivity contribution in [1.82, 2.24) is 5.32 Å². The van der Waals surface area contributed by atoms with Gasteiger partial charge in [-0.1, -0.05) is 6.07 Å². The summed E-state index contributed by atoms with van der Waals surface area (Å²) in [5.41, 5.74) is 1.30. The number of carbonyl (C=O) groups is 1. The van der Waals surface area contributed by atoms with E-state index in [0.29, 0.717) is 0 Å². The molecule has 1 heterocycles. The Morgan fingerprint density at radius 1 is 1.33 bits per heavy atom. The van der Waals surface area contributed by atoms with Gasteiger partial charge in [0.2, 0.25) is 0 Å². The van der Waals surface area contributed by atoms with Gasteiger partial charge in [0, 0.05) is 23.1 Å². The maximum absolute atomic E-state index is 12.3. The summed E-state index contributed by atoms with van der Waals surface area (Å²) in [4.78, 5) is 12.3. The van der Waals surface area contributed by atoms with Crippen molar-refractivity contribution >= 4 is 5.91 Å². The second kappa shape index (κ2) is 4.01. The second-order valence-electron chi connectivity index (χ2n) is 6.52. The Hall–Kier alpha value is -1.51. The number of carbonyl (C=O) groups excluding carboxylic acids is 1. The fourth-order valence-electron chi connectivity index (χ4n) is 2.22. The fraction of sp³-hybridized carbons (Fsp3) is 0.533. The Bertz CT molecular complexity index is 484. The summed E-state index contributed by atoms with van der Waals surface area (Å²) in [5, 5.41) is 3.00. The first-order valence-corrected chi connectivity index (χ1v) is 6.31. The van der Waals surface area contributed by atoms with Crippen LogP contribution in [0, 0.1) is 0 Å². The molecule has 2 rings (SSSR count). The molecular weight excluding hydrogens is 226 g/mol. The van der Waals surface area contributed by atoms with Crippen molar-refractivity contribution in [2.24, 2.45) is 0 Å². The van der Waals surface area contributed by atoms with Crippen LogP contribution in [0.15, 0.2) is 18.2 Å². The van der Waals surface area contributed by atoms with E-state index in [2.05, 4.69) is 5.32 Å². The van der Waals surface area contributed by atoms with Gasteiger partial charge in [-0.3, -0.25) is 4.79 Å². The normalized spacial score (nSPS) is 16.9. The topological polar surface area (TPSA) is 38.3 Å². The van der Waals surface area contributed by atoms with Gasteiger partial charge in [0.05, 0.1) is 0 Å². The summed E-state index contributed by atoms with van der Waals surface area (Å²) >= 11 is 0. The lowest BCUT2D eigenvalue weighted by Gasteiger charge is -2.21. The molecule has 1 N–H and O–H groups in total. The molecule has 0 aromatic heterocycles. The van der Waals surface area contributed by atoms with Crippen LogP contribution >= 0.6 is 0 Å². The van der Waals surface area contributed by atoms with Crippen molar-refractivity contribution in [3.63, 3.8) is 0 Å². The van der Waals surface area contributed by atoms with Crippen molar-refractivity contribution in [2.75, 3.05) is 0 Å². The summed E-state index contributed by atoms with van der Waals surface area (Å²) < 4.78 is 5.84. The molecule has 1 aliphatic heterocycles. The summed E-state index contributed by atoms with van der Waals surface area (Å²) in [6.45, 7) is 10.0. The Balaban J connectivity index is 2.32. The van der Waals surface area contributed by atoms with Crippen LogP contribution < -0.4 is 10.1 Å². The Kier molecular flexibility index (Phi) is 2.88. The van der Waals surface area contributed by atoms with Gasteiger partial charge in [-0.15, -0.1) is 0 Å². The lowest BCUT2D eigenvalue weighted by atomic mass is 9.96. The molecule has 0 saturated heterocycles. The van der Waals surface area contributed by atoms with Crippen molar-refractivity contribution in [3.05, 3.63) is 29.3 Å². The predicted molar refractivity (Wildman–Crippen MR) is 72.1 cm³/mol. The minimum Gasteiger partial charge on any atom is -0.487 e. The van der Waals surface area contributed by atoms with E-state index in [1.165, 1.54) is 0 Å². The molecule has 0 aliphatic carbocycles. The van der Waals surface area contributed by atoms with Gasteiger partial charge in [0.25, 0.3) is 5.91 Å². The highest BCUT2D eigenvalue weighted by Crippen LogP contribution is 2.36. The molecule has 0 bridgehead atoms. The number of nitrogens with one attached hydrogen (secondary N) is 1. The maximum atomic E-state index is 12.3. The first-order valence-electron chi connectivity index (χ1n) is 6.31. The average Bonchev–Trinajstić information content (AvgIpc) is 2.47. The van der Waals surface area contributed by atoms with Gasteiger partial charge in [0.15, 0.2) is 0 Å². The third kappa shape index (κ3) is 2.66. The van der Waals surface area contributed by atoms with E-state index in [1.807, 2.05) is 52.8 Å². The molecule has 1 amide bonds. The Morgan fingerprint density at radius 3 is 2.61 bits per heavy atom. The smallest absolute Gasteiger partial charge is 0.252 e. The third-order valence-electron chi connectivity index (χ3n) is 2.85. The molecule has 0 atom stereocenters. The predicted octanol–water partition coefficient (Wildman–Crippen LogP) is 2.93. The lowest BCUT2D eigenvalue weighted by molar-refractivity contribution is 0.0918. The molecule has 0 unspecified atom stereocenters. The summed E-state index contributed by atoms with van der Waals surface area (Å²) in [6.07, 6.45) is 0.774. The van der Waals surface area contributed by atoms with Crippen LogP contribution in [-0.2, 0) is 6.42 Å². The molecule has 1 aromatic rings. The van der Waals surface area contributed by atoms with E-state index in [0.717, 1.165) is 23.3 Å². The van der Waals surface area contributed by atoms with Gasteiger partial charge >= 0.3 is 0 Å². The Morgan fingerprint density at radius 2 is 2.00 bits per heavy atom. The molecule has 0 spiro atoms. The van der Waals surface area contributed by atoms with Crippen molar-refractivity contribution in [3.8, 4) is 5.75 Å². The zero-order valence-corrected chi connectivity index (χ0v) is 11.8. The van der Waals surface area contributed by atoms with Crippen molar-refractivity contribution in [1.29, 1.82) is 0 Å². The Labute approximate surface area is 109 Å². The minimum atomic E-state index is -0.227. The summed E-state index contributed by atoms with van der Waals surface area (Å²) in [5.74, 6) is 0.808. The summed E-state index contributed by atoms with van der Waals surface area (Å²) in [6, 6.07) is 5.67. The zero-order valence-electron chi connectivity index (χ0n) is 11.8. The second-order valence-corrected chi connectivity index (χ2v) is 6.52. The zero-order chi connectivity index (χ0) is 13.6. The van der Waals surface area contributed by atoms with E-state index in [4.69, 9.17) is 4.74 Å². The molecule has 3 nitrogen and oxygen atoms in total. The van der Waals surface area contributed by atoms with E-state index in [9.17, 15) is 4.79 Å². The molecule has 3 heteroatoms. The monoisotopic (exact) mass is 247 g/mol. The van der Waals surface area contributed by atoms with Gasteiger partial charge < -0.3 is 10.1 Å². The van der Waals surface area contributed by atoms with Crippen LogP contribution in [-0.4, -0.2) is 17.0 Å². The number of rotatable bonds is 1. The van der Waals surface area contributed by atoms with E-state index >= 15 is 0 Å². The first-order chi connectivity index (χ1) is 8.18. The lowest BCUT2D eigenvalue weighted by Crippen LogP contribution is -2.41. The summed E-state index contributed by atoms with van der Waals surface area (Å²) in [7, 11) is 0. The van der Waals surface area contributed by atoms with Crippen molar-refractivity contribution in [2.45, 2.75) is 52.2 Å². The number of fused-ring (bicyclic) bond motifs is 1. The molecule has 0 saturated carbocycles. The number of hydrogen-bond acceptors (Lipinski definition) is 2. The van der Waals surface area contributed by atoms with Crippen LogP contribution in [0.4, 0.5) is 0 Å². The van der Waals surface area contributed by atoms with Gasteiger partial charge in [-0.05, 0) is 46.8 Å². The molecule has 98 valence electrons. The fourth-order valence-corrected chi connectivity index (χ4v) is 2.22. The van der Waals surface area contributed by atoms with Gasteiger partial charge in [-0.2, -0.15) is 0 Å². The maximum Gasteiger partial charge on any atom is 0.252 e. The van der Waals surface area contributed by atoms with Crippen LogP contribution in [0.1, 0.15) is 50.5 Å². The van der Waals surface area contributed by atoms with E-state index < -0.39 is 0 Å². The van der Waals surface area contributed by atoms with E-state index in [-0.39, 0.29) is 17.0 Å². The largest absolute Gasteiger partial charge is 0.487 e. The standard InChI is InChI=1S/C15H21NO2/c1-14(2,3)16-13(17)10-7-6-8-12-11(10)9-15(4,5)18-12/h6-8H,9H2,1-5H3,(H,16,17). The molecule has 1 aliphatic rings. The molecule has 1 aromatic carbocycles. The first kappa shape index (κ1) is 12.9. The highest BCUT2D eigenvalue weighted by atomic mass is 16.5. The SMILES string of the molecule is CC(C)(C)NC(=O)c1cccc2c1CC(C)(C)O2. The molecule has 0 fully saturated rings. The van der Waals surface area contributed by atoms with E-state index in [1.54, 1.807) is 0 Å². The third-order valence-corrected chi connectivity index (χ3v) is 2.85. The van der Waals surface area contributed by atoms with Crippen LogP contribution in [0.3, 0.4) is 0 Å². The number of hydrogen-bond donors (Lipinski definition) is 1. The van der Waals surface area contributed by atoms with Crippen LogP contribution in [0.2, 0.25) is 0 Å². The highest BCUT2D eigenvalue weighted by molar-refractivity contribution is 5.97. The number of ether oxygens (including phenoxy) is 1.